The van der Waals surface area contributed by atoms with Gasteiger partial charge in [-0.3, -0.25) is 14.4 Å². The van der Waals surface area contributed by atoms with E-state index in [-0.39, 0.29) is 28.6 Å². The molecule has 3 atom stereocenters. The molecule has 2 aromatic rings. The SMILES string of the molecule is Cc1ccc(C)c(N2C(=O)c3ccc(C(=O)OCC(=O)NC4CCCC(C)C4C)cc3C2=O)c1. The quantitative estimate of drug-likeness (QED) is 0.531. The first kappa shape index (κ1) is 23.7. The first-order valence-electron chi connectivity index (χ1n) is 11.7. The topological polar surface area (TPSA) is 92.8 Å². The first-order chi connectivity index (χ1) is 16.2. The van der Waals surface area contributed by atoms with Gasteiger partial charge in [-0.1, -0.05) is 38.8 Å². The molecular weight excluding hydrogens is 432 g/mol. The molecule has 0 bridgehead atoms. The molecule has 0 radical (unpaired) electrons. The Morgan fingerprint density at radius 2 is 1.74 bits per heavy atom. The van der Waals surface area contributed by atoms with Crippen molar-refractivity contribution in [3.63, 3.8) is 0 Å². The number of carbonyl (C=O) groups is 4. The Labute approximate surface area is 199 Å². The van der Waals surface area contributed by atoms with Gasteiger partial charge in [-0.05, 0) is 67.5 Å². The summed E-state index contributed by atoms with van der Waals surface area (Å²) in [6.45, 7) is 7.65. The zero-order valence-corrected chi connectivity index (χ0v) is 20.0. The van der Waals surface area contributed by atoms with E-state index in [0.29, 0.717) is 17.5 Å². The molecule has 7 heteroatoms. The summed E-state index contributed by atoms with van der Waals surface area (Å²) in [6.07, 6.45) is 3.14. The summed E-state index contributed by atoms with van der Waals surface area (Å²) >= 11 is 0. The number of aryl methyl sites for hydroxylation is 2. The number of ether oxygens (including phenoxy) is 1. The van der Waals surface area contributed by atoms with Crippen LogP contribution in [0.1, 0.15) is 75.3 Å². The molecule has 0 saturated heterocycles. The number of esters is 1. The molecule has 1 saturated carbocycles. The number of anilines is 1. The molecule has 1 fully saturated rings. The van der Waals surface area contributed by atoms with Crippen LogP contribution in [-0.2, 0) is 9.53 Å². The molecule has 0 spiro atoms. The van der Waals surface area contributed by atoms with Gasteiger partial charge in [-0.2, -0.15) is 0 Å². The number of hydrogen-bond acceptors (Lipinski definition) is 5. The molecule has 3 amide bonds. The van der Waals surface area contributed by atoms with E-state index in [1.165, 1.54) is 18.2 Å². The van der Waals surface area contributed by atoms with Crippen LogP contribution in [0.3, 0.4) is 0 Å². The number of imide groups is 1. The van der Waals surface area contributed by atoms with E-state index in [1.807, 2.05) is 26.0 Å². The van der Waals surface area contributed by atoms with Crippen LogP contribution in [0.25, 0.3) is 0 Å². The van der Waals surface area contributed by atoms with Crippen molar-refractivity contribution in [1.82, 2.24) is 5.32 Å². The molecular formula is C27H30N2O5. The number of hydrogen-bond donors (Lipinski definition) is 1. The minimum absolute atomic E-state index is 0.0784. The lowest BCUT2D eigenvalue weighted by Crippen LogP contribution is -2.45. The lowest BCUT2D eigenvalue weighted by molar-refractivity contribution is -0.125. The average molecular weight is 463 g/mol. The number of nitrogens with one attached hydrogen (secondary N) is 1. The van der Waals surface area contributed by atoms with Crippen LogP contribution in [0.5, 0.6) is 0 Å². The summed E-state index contributed by atoms with van der Waals surface area (Å²) in [5.74, 6) is -1.06. The number of fused-ring (bicyclic) bond motifs is 1. The summed E-state index contributed by atoms with van der Waals surface area (Å²) in [4.78, 5) is 52.1. The zero-order valence-electron chi connectivity index (χ0n) is 20.0. The summed E-state index contributed by atoms with van der Waals surface area (Å²) in [6, 6.07) is 9.91. The van der Waals surface area contributed by atoms with Crippen LogP contribution in [-0.4, -0.2) is 36.3 Å². The highest BCUT2D eigenvalue weighted by atomic mass is 16.5. The Morgan fingerprint density at radius 1 is 1.00 bits per heavy atom. The minimum atomic E-state index is -0.714. The number of amides is 3. The molecule has 1 aliphatic heterocycles. The third kappa shape index (κ3) is 4.47. The lowest BCUT2D eigenvalue weighted by Gasteiger charge is -2.34. The highest BCUT2D eigenvalue weighted by molar-refractivity contribution is 6.35. The largest absolute Gasteiger partial charge is 0.452 e. The maximum absolute atomic E-state index is 13.1. The average Bonchev–Trinajstić information content (AvgIpc) is 3.06. The smallest absolute Gasteiger partial charge is 0.338 e. The Bertz CT molecular complexity index is 1170. The highest BCUT2D eigenvalue weighted by Crippen LogP contribution is 2.32. The summed E-state index contributed by atoms with van der Waals surface area (Å²) in [5, 5.41) is 2.97. The monoisotopic (exact) mass is 462 g/mol. The van der Waals surface area contributed by atoms with Crippen molar-refractivity contribution in [2.75, 3.05) is 11.5 Å². The van der Waals surface area contributed by atoms with Gasteiger partial charge < -0.3 is 10.1 Å². The maximum Gasteiger partial charge on any atom is 0.338 e. The van der Waals surface area contributed by atoms with Crippen molar-refractivity contribution < 1.29 is 23.9 Å². The third-order valence-corrected chi connectivity index (χ3v) is 7.12. The zero-order chi connectivity index (χ0) is 24.6. The van der Waals surface area contributed by atoms with Gasteiger partial charge in [0.2, 0.25) is 0 Å². The second-order valence-corrected chi connectivity index (χ2v) is 9.51. The first-order valence-corrected chi connectivity index (χ1v) is 11.7. The van der Waals surface area contributed by atoms with Crippen molar-refractivity contribution in [3.8, 4) is 0 Å². The fourth-order valence-electron chi connectivity index (χ4n) is 4.80. The van der Waals surface area contributed by atoms with Gasteiger partial charge in [0.25, 0.3) is 17.7 Å². The number of rotatable bonds is 5. The summed E-state index contributed by atoms with van der Waals surface area (Å²) in [5.41, 5.74) is 2.76. The molecule has 1 heterocycles. The van der Waals surface area contributed by atoms with Gasteiger partial charge in [0.15, 0.2) is 6.61 Å². The molecule has 2 aliphatic rings. The molecule has 178 valence electrons. The molecule has 1 aliphatic carbocycles. The Balaban J connectivity index is 1.43. The normalized spacial score (nSPS) is 21.9. The summed E-state index contributed by atoms with van der Waals surface area (Å²) < 4.78 is 5.20. The molecule has 1 N–H and O–H groups in total. The van der Waals surface area contributed by atoms with E-state index in [4.69, 9.17) is 4.74 Å². The molecule has 2 aromatic carbocycles. The minimum Gasteiger partial charge on any atom is -0.452 e. The third-order valence-electron chi connectivity index (χ3n) is 7.12. The van der Waals surface area contributed by atoms with Crippen molar-refractivity contribution in [2.24, 2.45) is 11.8 Å². The van der Waals surface area contributed by atoms with Crippen LogP contribution < -0.4 is 10.2 Å². The predicted molar refractivity (Wildman–Crippen MR) is 128 cm³/mol. The van der Waals surface area contributed by atoms with E-state index in [2.05, 4.69) is 19.2 Å². The van der Waals surface area contributed by atoms with E-state index < -0.39 is 24.4 Å². The lowest BCUT2D eigenvalue weighted by atomic mass is 9.78. The highest BCUT2D eigenvalue weighted by Gasteiger charge is 2.38. The van der Waals surface area contributed by atoms with E-state index in [1.54, 1.807) is 6.07 Å². The van der Waals surface area contributed by atoms with Crippen LogP contribution in [0.2, 0.25) is 0 Å². The van der Waals surface area contributed by atoms with E-state index >= 15 is 0 Å². The fourth-order valence-corrected chi connectivity index (χ4v) is 4.80. The number of benzene rings is 2. The Kier molecular flexibility index (Phi) is 6.55. The molecule has 34 heavy (non-hydrogen) atoms. The van der Waals surface area contributed by atoms with Crippen molar-refractivity contribution in [3.05, 3.63) is 64.2 Å². The second-order valence-electron chi connectivity index (χ2n) is 9.51. The van der Waals surface area contributed by atoms with Gasteiger partial charge in [-0.25, -0.2) is 9.69 Å². The summed E-state index contributed by atoms with van der Waals surface area (Å²) in [7, 11) is 0. The van der Waals surface area contributed by atoms with Gasteiger partial charge >= 0.3 is 5.97 Å². The maximum atomic E-state index is 13.1. The Hall–Kier alpha value is -3.48. The molecule has 7 nitrogen and oxygen atoms in total. The predicted octanol–water partition coefficient (Wildman–Crippen LogP) is 4.20. The number of nitrogens with zero attached hydrogens (tertiary/aromatic N) is 1. The van der Waals surface area contributed by atoms with Gasteiger partial charge in [-0.15, -0.1) is 0 Å². The molecule has 3 unspecified atom stereocenters. The van der Waals surface area contributed by atoms with E-state index in [0.717, 1.165) is 35.3 Å². The van der Waals surface area contributed by atoms with Gasteiger partial charge in [0.1, 0.15) is 0 Å². The van der Waals surface area contributed by atoms with Crippen molar-refractivity contribution in [1.29, 1.82) is 0 Å². The van der Waals surface area contributed by atoms with Crippen LogP contribution in [0.15, 0.2) is 36.4 Å². The Morgan fingerprint density at radius 3 is 2.50 bits per heavy atom. The van der Waals surface area contributed by atoms with Crippen LogP contribution in [0.4, 0.5) is 5.69 Å². The number of carbonyl (C=O) groups excluding carboxylic acids is 4. The van der Waals surface area contributed by atoms with E-state index in [9.17, 15) is 19.2 Å². The molecule has 4 rings (SSSR count). The van der Waals surface area contributed by atoms with Crippen LogP contribution in [0, 0.1) is 25.7 Å². The standard InChI is InChI=1S/C27H30N2O5/c1-15-8-9-17(3)23(12-15)29-25(31)20-11-10-19(13-21(20)26(29)32)27(33)34-14-24(30)28-22-7-5-6-16(2)18(22)4/h8-13,16,18,22H,5-7,14H2,1-4H3,(H,28,30). The van der Waals surface area contributed by atoms with Gasteiger partial charge in [0, 0.05) is 6.04 Å². The second kappa shape index (κ2) is 9.41. The van der Waals surface area contributed by atoms with Crippen LogP contribution >= 0.6 is 0 Å². The van der Waals surface area contributed by atoms with Gasteiger partial charge in [0.05, 0.1) is 22.4 Å². The van der Waals surface area contributed by atoms with Crippen molar-refractivity contribution in [2.45, 2.75) is 53.0 Å². The fraction of sp³-hybridized carbons (Fsp3) is 0.407. The molecule has 0 aromatic heterocycles. The van der Waals surface area contributed by atoms with Crippen molar-refractivity contribution >= 4 is 29.4 Å².